The van der Waals surface area contributed by atoms with Crippen molar-refractivity contribution in [2.45, 2.75) is 30.7 Å². The van der Waals surface area contributed by atoms with E-state index in [1.807, 2.05) is 0 Å². The van der Waals surface area contributed by atoms with E-state index in [-0.39, 0.29) is 28.6 Å². The van der Waals surface area contributed by atoms with Crippen LogP contribution in [-0.2, 0) is 25.2 Å². The molecule has 0 aromatic heterocycles. The molecular formula is C27H26ClFN4O5S. The Balaban J connectivity index is 1.55. The van der Waals surface area contributed by atoms with E-state index in [4.69, 9.17) is 11.6 Å². The molecule has 12 heteroatoms. The van der Waals surface area contributed by atoms with Crippen molar-refractivity contribution < 1.29 is 27.2 Å². The molecule has 1 aliphatic rings. The first-order valence-corrected chi connectivity index (χ1v) is 13.9. The number of hydrogen-bond acceptors (Lipinski definition) is 5. The van der Waals surface area contributed by atoms with Gasteiger partial charge < -0.3 is 10.6 Å². The summed E-state index contributed by atoms with van der Waals surface area (Å²) in [4.78, 5) is 39.6. The molecule has 4 amide bonds. The van der Waals surface area contributed by atoms with Crippen molar-refractivity contribution in [3.63, 3.8) is 0 Å². The summed E-state index contributed by atoms with van der Waals surface area (Å²) in [6, 6.07) is 16.8. The van der Waals surface area contributed by atoms with Crippen molar-refractivity contribution >= 4 is 50.8 Å². The second kappa shape index (κ2) is 11.0. The second-order valence-electron chi connectivity index (χ2n) is 8.78. The summed E-state index contributed by atoms with van der Waals surface area (Å²) in [6.07, 6.45) is 0.169. The van der Waals surface area contributed by atoms with Gasteiger partial charge in [0, 0.05) is 6.54 Å². The fourth-order valence-electron chi connectivity index (χ4n) is 4.45. The maximum Gasteiger partial charge on any atom is 0.325 e. The highest BCUT2D eigenvalue weighted by Crippen LogP contribution is 2.33. The van der Waals surface area contributed by atoms with E-state index < -0.39 is 45.8 Å². The minimum Gasteiger partial charge on any atom is -0.323 e. The van der Waals surface area contributed by atoms with E-state index in [2.05, 4.69) is 10.6 Å². The number of urea groups is 1. The minimum atomic E-state index is -4.00. The monoisotopic (exact) mass is 572 g/mol. The standard InChI is InChI=1S/C27H26ClFN4O5S/c1-3-27(18-10-12-19(29)13-11-18)25(35)32(26(36)31-27)17-24(34)30-23-16-21(14-15-22(23)28)39(37,38)33(4-2)20-8-6-5-7-9-20/h5-16H,3-4,17H2,1-2H3,(H,30,34)(H,31,36). The van der Waals surface area contributed by atoms with Crippen LogP contribution in [0.25, 0.3) is 0 Å². The molecule has 1 heterocycles. The SMILES string of the molecule is CCN(c1ccccc1)S(=O)(=O)c1ccc(Cl)c(NC(=O)CN2C(=O)NC(CC)(c3ccc(F)cc3)C2=O)c1. The third-order valence-corrected chi connectivity index (χ3v) is 8.70. The quantitative estimate of drug-likeness (QED) is 0.367. The molecule has 0 bridgehead atoms. The van der Waals surface area contributed by atoms with Gasteiger partial charge in [0.05, 0.1) is 21.3 Å². The number of anilines is 2. The summed E-state index contributed by atoms with van der Waals surface area (Å²) in [5.41, 5.74) is -0.594. The number of nitrogens with zero attached hydrogens (tertiary/aromatic N) is 2. The van der Waals surface area contributed by atoms with Gasteiger partial charge in [-0.3, -0.25) is 18.8 Å². The molecule has 3 aromatic rings. The number of carbonyl (C=O) groups is 3. The number of benzene rings is 3. The zero-order chi connectivity index (χ0) is 28.4. The maximum absolute atomic E-state index is 13.4. The first kappa shape index (κ1) is 28.1. The highest BCUT2D eigenvalue weighted by atomic mass is 35.5. The van der Waals surface area contributed by atoms with Gasteiger partial charge in [-0.2, -0.15) is 0 Å². The van der Waals surface area contributed by atoms with E-state index in [1.54, 1.807) is 44.2 Å². The molecule has 1 aliphatic heterocycles. The van der Waals surface area contributed by atoms with Crippen LogP contribution in [0.15, 0.2) is 77.7 Å². The number of hydrogen-bond donors (Lipinski definition) is 2. The molecule has 3 aromatic carbocycles. The third-order valence-electron chi connectivity index (χ3n) is 6.48. The predicted octanol–water partition coefficient (Wildman–Crippen LogP) is 4.49. The lowest BCUT2D eigenvalue weighted by molar-refractivity contribution is -0.134. The van der Waals surface area contributed by atoms with Crippen molar-refractivity contribution in [2.24, 2.45) is 0 Å². The number of rotatable bonds is 9. The molecule has 1 unspecified atom stereocenters. The van der Waals surface area contributed by atoms with Gasteiger partial charge >= 0.3 is 6.03 Å². The average Bonchev–Trinajstić information content (AvgIpc) is 3.16. The van der Waals surface area contributed by atoms with Crippen LogP contribution in [0, 0.1) is 5.82 Å². The van der Waals surface area contributed by atoms with Crippen LogP contribution in [0.5, 0.6) is 0 Å². The predicted molar refractivity (Wildman–Crippen MR) is 145 cm³/mol. The maximum atomic E-state index is 13.4. The van der Waals surface area contributed by atoms with Crippen LogP contribution in [-0.4, -0.2) is 44.3 Å². The summed E-state index contributed by atoms with van der Waals surface area (Å²) in [5, 5.41) is 5.19. The summed E-state index contributed by atoms with van der Waals surface area (Å²) < 4.78 is 41.4. The Hall–Kier alpha value is -3.96. The van der Waals surface area contributed by atoms with Gasteiger partial charge in [-0.05, 0) is 61.4 Å². The van der Waals surface area contributed by atoms with Crippen molar-refractivity contribution in [1.82, 2.24) is 10.2 Å². The van der Waals surface area contributed by atoms with Crippen LogP contribution < -0.4 is 14.9 Å². The summed E-state index contributed by atoms with van der Waals surface area (Å²) in [6.45, 7) is 2.90. The number of imide groups is 1. The van der Waals surface area contributed by atoms with Crippen molar-refractivity contribution in [2.75, 3.05) is 22.7 Å². The van der Waals surface area contributed by atoms with Crippen LogP contribution in [0.3, 0.4) is 0 Å². The number of amides is 4. The molecule has 39 heavy (non-hydrogen) atoms. The van der Waals surface area contributed by atoms with Gasteiger partial charge in [-0.1, -0.05) is 48.9 Å². The fourth-order valence-corrected chi connectivity index (χ4v) is 6.12. The first-order chi connectivity index (χ1) is 18.5. The Kier molecular flexibility index (Phi) is 7.94. The second-order valence-corrected chi connectivity index (χ2v) is 11.1. The Morgan fingerprint density at radius 1 is 1.05 bits per heavy atom. The summed E-state index contributed by atoms with van der Waals surface area (Å²) in [5.74, 6) is -1.93. The topological polar surface area (TPSA) is 116 Å². The molecule has 1 fully saturated rings. The minimum absolute atomic E-state index is 0.000741. The van der Waals surface area contributed by atoms with Crippen LogP contribution in [0.2, 0.25) is 5.02 Å². The molecule has 4 rings (SSSR count). The largest absolute Gasteiger partial charge is 0.325 e. The van der Waals surface area contributed by atoms with E-state index in [1.165, 1.54) is 46.8 Å². The van der Waals surface area contributed by atoms with Gasteiger partial charge in [0.2, 0.25) is 5.91 Å². The molecule has 1 atom stereocenters. The van der Waals surface area contributed by atoms with Crippen molar-refractivity contribution in [3.8, 4) is 0 Å². The number of halogens is 2. The van der Waals surface area contributed by atoms with Gasteiger partial charge in [0.1, 0.15) is 17.9 Å². The van der Waals surface area contributed by atoms with Gasteiger partial charge in [0.15, 0.2) is 0 Å². The first-order valence-electron chi connectivity index (χ1n) is 12.1. The number of sulfonamides is 1. The van der Waals surface area contributed by atoms with E-state index in [9.17, 15) is 27.2 Å². The molecule has 0 spiro atoms. The molecule has 2 N–H and O–H groups in total. The van der Waals surface area contributed by atoms with Gasteiger partial charge in [-0.25, -0.2) is 17.6 Å². The van der Waals surface area contributed by atoms with Crippen molar-refractivity contribution in [3.05, 3.63) is 89.2 Å². The third kappa shape index (κ3) is 5.32. The van der Waals surface area contributed by atoms with Crippen LogP contribution in [0.4, 0.5) is 20.6 Å². The number of carbonyl (C=O) groups excluding carboxylic acids is 3. The number of nitrogens with one attached hydrogen (secondary N) is 2. The lowest BCUT2D eigenvalue weighted by atomic mass is 9.87. The fraction of sp³-hybridized carbons (Fsp3) is 0.222. The Bertz CT molecular complexity index is 1520. The van der Waals surface area contributed by atoms with Gasteiger partial charge in [-0.15, -0.1) is 0 Å². The van der Waals surface area contributed by atoms with Crippen molar-refractivity contribution in [1.29, 1.82) is 0 Å². The Labute approximate surface area is 230 Å². The molecular weight excluding hydrogens is 547 g/mol. The molecule has 9 nitrogen and oxygen atoms in total. The molecule has 204 valence electrons. The smallest absolute Gasteiger partial charge is 0.323 e. The Morgan fingerprint density at radius 2 is 1.72 bits per heavy atom. The Morgan fingerprint density at radius 3 is 2.33 bits per heavy atom. The highest BCUT2D eigenvalue weighted by Gasteiger charge is 2.51. The highest BCUT2D eigenvalue weighted by molar-refractivity contribution is 7.92. The average molecular weight is 573 g/mol. The summed E-state index contributed by atoms with van der Waals surface area (Å²) >= 11 is 6.24. The molecule has 0 saturated carbocycles. The normalized spacial score (nSPS) is 17.2. The molecule has 0 radical (unpaired) electrons. The number of para-hydroxylation sites is 1. The van der Waals surface area contributed by atoms with Crippen LogP contribution in [0.1, 0.15) is 25.8 Å². The molecule has 0 aliphatic carbocycles. The van der Waals surface area contributed by atoms with E-state index >= 15 is 0 Å². The van der Waals surface area contributed by atoms with Crippen LogP contribution >= 0.6 is 11.6 Å². The van der Waals surface area contributed by atoms with E-state index in [0.29, 0.717) is 11.3 Å². The zero-order valence-corrected chi connectivity index (χ0v) is 22.7. The molecule has 1 saturated heterocycles. The summed E-state index contributed by atoms with van der Waals surface area (Å²) in [7, 11) is -4.00. The van der Waals surface area contributed by atoms with E-state index in [0.717, 1.165) is 4.90 Å². The lowest BCUT2D eigenvalue weighted by Crippen LogP contribution is -2.44. The van der Waals surface area contributed by atoms with Gasteiger partial charge in [0.25, 0.3) is 15.9 Å². The lowest BCUT2D eigenvalue weighted by Gasteiger charge is -2.25. The zero-order valence-electron chi connectivity index (χ0n) is 21.1.